The molecule has 4 rings (SSSR count). The van der Waals surface area contributed by atoms with Gasteiger partial charge in [0.25, 0.3) is 0 Å². The zero-order valence-corrected chi connectivity index (χ0v) is 20.3. The number of nitrogens with one attached hydrogen (secondary N) is 1. The summed E-state index contributed by atoms with van der Waals surface area (Å²) in [6.07, 6.45) is -3.93. The van der Waals surface area contributed by atoms with Crippen molar-refractivity contribution in [2.24, 2.45) is 5.92 Å². The third-order valence-corrected chi connectivity index (χ3v) is 8.08. The standard InChI is InChI=1S/C27H28F3NO2Si/c1-3-34-26(20-5-4-19-13-23(33-2)11-8-18(19)12-20)25(32)14-21-15-31-16-24(21)17-6-9-22(10-7-17)27(28,29)30/h4-13,21,24,26,31H,3,14-16H2,1-2H3/t21-,24+,26?/m1/s1. The van der Waals surface area contributed by atoms with Crippen LogP contribution in [-0.2, 0) is 11.0 Å². The maximum absolute atomic E-state index is 13.5. The van der Waals surface area contributed by atoms with Gasteiger partial charge in [0.15, 0.2) is 0 Å². The number of carbonyl (C=O) groups excluding carboxylic acids is 1. The quantitative estimate of drug-likeness (QED) is 0.399. The molecule has 1 N–H and O–H groups in total. The lowest BCUT2D eigenvalue weighted by Crippen LogP contribution is -2.24. The molecule has 1 unspecified atom stereocenters. The van der Waals surface area contributed by atoms with Gasteiger partial charge in [-0.05, 0) is 58.6 Å². The van der Waals surface area contributed by atoms with E-state index in [2.05, 4.69) is 18.3 Å². The molecule has 3 atom stereocenters. The molecule has 0 spiro atoms. The van der Waals surface area contributed by atoms with Crippen molar-refractivity contribution in [3.63, 3.8) is 0 Å². The number of methoxy groups -OCH3 is 1. The molecule has 0 aromatic heterocycles. The smallest absolute Gasteiger partial charge is 0.416 e. The molecule has 7 heteroatoms. The summed E-state index contributed by atoms with van der Waals surface area (Å²) in [6, 6.07) is 18.4. The van der Waals surface area contributed by atoms with Crippen molar-refractivity contribution in [2.75, 3.05) is 20.2 Å². The van der Waals surface area contributed by atoms with Gasteiger partial charge in [0, 0.05) is 24.4 Å². The van der Waals surface area contributed by atoms with Crippen LogP contribution in [0.1, 0.15) is 41.5 Å². The predicted octanol–water partition coefficient (Wildman–Crippen LogP) is 6.01. The Morgan fingerprint density at radius 2 is 1.76 bits per heavy atom. The number of alkyl halides is 3. The number of ketones is 1. The Kier molecular flexibility index (Phi) is 7.43. The van der Waals surface area contributed by atoms with Gasteiger partial charge >= 0.3 is 6.18 Å². The van der Waals surface area contributed by atoms with Crippen molar-refractivity contribution in [2.45, 2.75) is 37.0 Å². The summed E-state index contributed by atoms with van der Waals surface area (Å²) in [5, 5.41) is 5.47. The van der Waals surface area contributed by atoms with Crippen molar-refractivity contribution in [3.05, 3.63) is 77.4 Å². The Hall–Kier alpha value is -2.64. The van der Waals surface area contributed by atoms with Crippen molar-refractivity contribution in [1.82, 2.24) is 5.32 Å². The Bertz CT molecular complexity index is 1150. The summed E-state index contributed by atoms with van der Waals surface area (Å²) >= 11 is 0. The second-order valence-electron chi connectivity index (χ2n) is 8.78. The van der Waals surface area contributed by atoms with Gasteiger partial charge in [-0.3, -0.25) is 4.79 Å². The van der Waals surface area contributed by atoms with Gasteiger partial charge in [-0.25, -0.2) is 0 Å². The van der Waals surface area contributed by atoms with Crippen molar-refractivity contribution in [3.8, 4) is 5.75 Å². The molecule has 0 amide bonds. The molecule has 0 bridgehead atoms. The lowest BCUT2D eigenvalue weighted by molar-refractivity contribution is -0.137. The number of ether oxygens (including phenoxy) is 1. The summed E-state index contributed by atoms with van der Waals surface area (Å²) in [7, 11) is 2.13. The van der Waals surface area contributed by atoms with Gasteiger partial charge in [-0.1, -0.05) is 49.4 Å². The van der Waals surface area contributed by atoms with Gasteiger partial charge in [0.05, 0.1) is 22.2 Å². The summed E-state index contributed by atoms with van der Waals surface area (Å²) < 4.78 is 44.1. The predicted molar refractivity (Wildman–Crippen MR) is 130 cm³/mol. The molecule has 1 heterocycles. The fourth-order valence-electron chi connectivity index (χ4n) is 4.80. The summed E-state index contributed by atoms with van der Waals surface area (Å²) in [5.74, 6) is 1.10. The van der Waals surface area contributed by atoms with Crippen LogP contribution >= 0.6 is 0 Å². The Morgan fingerprint density at radius 1 is 1.06 bits per heavy atom. The minimum atomic E-state index is -4.35. The molecule has 1 saturated heterocycles. The molecule has 3 aromatic carbocycles. The van der Waals surface area contributed by atoms with Gasteiger partial charge in [0.1, 0.15) is 11.5 Å². The molecule has 0 saturated carbocycles. The SMILES string of the molecule is CC[Si]C(C(=O)C[C@@H]1CNC[C@H]1c1ccc(C(F)(F)F)cc1)c1ccc2cc(OC)ccc2c1. The molecular formula is C27H28F3NO2Si. The van der Waals surface area contributed by atoms with Crippen LogP contribution in [0.3, 0.4) is 0 Å². The first-order valence-electron chi connectivity index (χ1n) is 11.5. The average molecular weight is 484 g/mol. The first-order valence-corrected chi connectivity index (χ1v) is 12.8. The third-order valence-electron chi connectivity index (χ3n) is 6.60. The number of hydrogen-bond acceptors (Lipinski definition) is 3. The lowest BCUT2D eigenvalue weighted by atomic mass is 9.84. The van der Waals surface area contributed by atoms with E-state index in [0.29, 0.717) is 29.0 Å². The molecular weight excluding hydrogens is 455 g/mol. The highest BCUT2D eigenvalue weighted by Crippen LogP contribution is 2.35. The van der Waals surface area contributed by atoms with E-state index in [-0.39, 0.29) is 23.2 Å². The third kappa shape index (κ3) is 5.36. The largest absolute Gasteiger partial charge is 0.497 e. The van der Waals surface area contributed by atoms with Gasteiger partial charge in [-0.15, -0.1) is 0 Å². The molecule has 3 nitrogen and oxygen atoms in total. The number of fused-ring (bicyclic) bond motifs is 1. The van der Waals surface area contributed by atoms with Crippen molar-refractivity contribution >= 4 is 26.1 Å². The first-order chi connectivity index (χ1) is 16.3. The zero-order chi connectivity index (χ0) is 24.3. The second kappa shape index (κ2) is 10.3. The van der Waals surface area contributed by atoms with Crippen LogP contribution in [0, 0.1) is 5.92 Å². The highest BCUT2D eigenvalue weighted by atomic mass is 28.2. The maximum atomic E-state index is 13.5. The summed E-state index contributed by atoms with van der Waals surface area (Å²) in [5.41, 5.74) is 1.07. The van der Waals surface area contributed by atoms with E-state index in [1.165, 1.54) is 0 Å². The number of Topliss-reactive ketones (excluding diaryl/α,β-unsaturated/α-hetero) is 1. The fourth-order valence-corrected chi connectivity index (χ4v) is 5.97. The Balaban J connectivity index is 1.52. The van der Waals surface area contributed by atoms with E-state index < -0.39 is 11.7 Å². The monoisotopic (exact) mass is 483 g/mol. The summed E-state index contributed by atoms with van der Waals surface area (Å²) in [4.78, 5) is 13.5. The number of rotatable bonds is 8. The van der Waals surface area contributed by atoms with E-state index in [0.717, 1.165) is 45.8 Å². The van der Waals surface area contributed by atoms with E-state index in [1.807, 2.05) is 30.3 Å². The summed E-state index contributed by atoms with van der Waals surface area (Å²) in [6.45, 7) is 3.45. The van der Waals surface area contributed by atoms with Crippen LogP contribution < -0.4 is 10.1 Å². The van der Waals surface area contributed by atoms with E-state index in [9.17, 15) is 18.0 Å². The lowest BCUT2D eigenvalue weighted by Gasteiger charge is -2.22. The van der Waals surface area contributed by atoms with Crippen LogP contribution in [0.25, 0.3) is 10.8 Å². The van der Waals surface area contributed by atoms with Gasteiger partial charge in [-0.2, -0.15) is 13.2 Å². The molecule has 1 aliphatic rings. The van der Waals surface area contributed by atoms with Gasteiger partial charge in [0.2, 0.25) is 0 Å². The highest BCUT2D eigenvalue weighted by Gasteiger charge is 2.34. The van der Waals surface area contributed by atoms with Crippen LogP contribution in [0.5, 0.6) is 5.75 Å². The molecule has 34 heavy (non-hydrogen) atoms. The molecule has 178 valence electrons. The average Bonchev–Trinajstić information content (AvgIpc) is 3.29. The van der Waals surface area contributed by atoms with Crippen LogP contribution in [0.2, 0.25) is 6.04 Å². The van der Waals surface area contributed by atoms with Crippen LogP contribution in [-0.4, -0.2) is 35.5 Å². The molecule has 0 aliphatic carbocycles. The molecule has 1 aliphatic heterocycles. The second-order valence-corrected chi connectivity index (χ2v) is 10.5. The Labute approximate surface area is 200 Å². The van der Waals surface area contributed by atoms with Crippen LogP contribution in [0.4, 0.5) is 13.2 Å². The van der Waals surface area contributed by atoms with Crippen molar-refractivity contribution in [1.29, 1.82) is 0 Å². The number of carbonyl (C=O) groups is 1. The maximum Gasteiger partial charge on any atom is 0.416 e. The minimum Gasteiger partial charge on any atom is -0.497 e. The number of hydrogen-bond donors (Lipinski definition) is 1. The van der Waals surface area contributed by atoms with Gasteiger partial charge < -0.3 is 10.1 Å². The first kappa shape index (κ1) is 24.5. The highest BCUT2D eigenvalue weighted by molar-refractivity contribution is 6.44. The zero-order valence-electron chi connectivity index (χ0n) is 19.3. The number of halogens is 3. The van der Waals surface area contributed by atoms with Crippen LogP contribution in [0.15, 0.2) is 60.7 Å². The number of benzene rings is 3. The van der Waals surface area contributed by atoms with E-state index >= 15 is 0 Å². The molecule has 3 aromatic rings. The Morgan fingerprint density at radius 3 is 2.44 bits per heavy atom. The molecule has 1 fully saturated rings. The fraction of sp³-hybridized carbons (Fsp3) is 0.370. The van der Waals surface area contributed by atoms with E-state index in [4.69, 9.17) is 4.74 Å². The normalized spacial score (nSPS) is 19.3. The molecule has 2 radical (unpaired) electrons. The van der Waals surface area contributed by atoms with E-state index in [1.54, 1.807) is 19.2 Å². The topological polar surface area (TPSA) is 38.3 Å². The minimum absolute atomic E-state index is 0.0286. The van der Waals surface area contributed by atoms with Crippen molar-refractivity contribution < 1.29 is 22.7 Å².